The smallest absolute Gasteiger partial charge is 0.410 e. The van der Waals surface area contributed by atoms with Gasteiger partial charge >= 0.3 is 6.09 Å². The standard InChI is InChI=1S/C22H32N6O2S/c1-22(2,3)30-21(29)25(4)17-9-13-26(14-10-17)15-27-20(31)28(18-5-6-18)19(24-27)16-7-11-23-12-8-16/h7-8,11-12,17-18H,5-6,9-10,13-15H2,1-4H3. The fraction of sp³-hybridized carbons (Fsp3) is 0.636. The van der Waals surface area contributed by atoms with E-state index in [-0.39, 0.29) is 12.1 Å². The molecule has 168 valence electrons. The van der Waals surface area contributed by atoms with Crippen molar-refractivity contribution in [3.05, 3.63) is 29.3 Å². The third-order valence-corrected chi connectivity index (χ3v) is 6.25. The molecule has 2 aromatic rings. The first-order chi connectivity index (χ1) is 14.7. The molecule has 2 fully saturated rings. The lowest BCUT2D eigenvalue weighted by Gasteiger charge is -2.37. The molecule has 3 heterocycles. The maximum absolute atomic E-state index is 12.4. The molecular weight excluding hydrogens is 412 g/mol. The zero-order chi connectivity index (χ0) is 22.2. The van der Waals surface area contributed by atoms with Gasteiger partial charge in [0.25, 0.3) is 0 Å². The zero-order valence-electron chi connectivity index (χ0n) is 18.8. The molecule has 1 aliphatic heterocycles. The van der Waals surface area contributed by atoms with E-state index in [1.165, 1.54) is 0 Å². The molecule has 0 radical (unpaired) electrons. The first kappa shape index (κ1) is 22.0. The molecule has 9 heteroatoms. The second kappa shape index (κ2) is 8.70. The normalized spacial score (nSPS) is 18.2. The van der Waals surface area contributed by atoms with Gasteiger partial charge in [0, 0.05) is 50.2 Å². The highest BCUT2D eigenvalue weighted by atomic mass is 32.1. The SMILES string of the molecule is CN(C(=O)OC(C)(C)C)C1CCN(Cn2nc(-c3ccncc3)n(C3CC3)c2=S)CC1. The number of rotatable bonds is 5. The monoisotopic (exact) mass is 444 g/mol. The molecule has 2 aliphatic rings. The number of carbonyl (C=O) groups excluding carboxylic acids is 1. The van der Waals surface area contributed by atoms with Gasteiger partial charge in [0.1, 0.15) is 5.60 Å². The van der Waals surface area contributed by atoms with Gasteiger partial charge in [0.15, 0.2) is 10.6 Å². The summed E-state index contributed by atoms with van der Waals surface area (Å²) in [5.41, 5.74) is 0.569. The fourth-order valence-corrected chi connectivity index (χ4v) is 4.33. The van der Waals surface area contributed by atoms with Crippen molar-refractivity contribution in [1.82, 2.24) is 29.1 Å². The van der Waals surface area contributed by atoms with Crippen LogP contribution in [0, 0.1) is 4.77 Å². The Morgan fingerprint density at radius 2 is 1.84 bits per heavy atom. The van der Waals surface area contributed by atoms with E-state index in [0.717, 1.165) is 54.9 Å². The quantitative estimate of drug-likeness (QED) is 0.647. The minimum absolute atomic E-state index is 0.190. The van der Waals surface area contributed by atoms with Crippen molar-refractivity contribution in [1.29, 1.82) is 0 Å². The van der Waals surface area contributed by atoms with Crippen LogP contribution in [-0.4, -0.2) is 67.0 Å². The number of pyridine rings is 1. The molecule has 0 spiro atoms. The third kappa shape index (κ3) is 5.15. The molecule has 0 atom stereocenters. The topological polar surface area (TPSA) is 68.4 Å². The molecule has 0 aromatic carbocycles. The summed E-state index contributed by atoms with van der Waals surface area (Å²) in [5.74, 6) is 0.925. The minimum Gasteiger partial charge on any atom is -0.444 e. The average molecular weight is 445 g/mol. The Morgan fingerprint density at radius 3 is 2.42 bits per heavy atom. The number of amides is 1. The summed E-state index contributed by atoms with van der Waals surface area (Å²) in [4.78, 5) is 20.6. The second-order valence-electron chi connectivity index (χ2n) is 9.52. The van der Waals surface area contributed by atoms with E-state index in [4.69, 9.17) is 22.1 Å². The van der Waals surface area contributed by atoms with Crippen LogP contribution in [0.5, 0.6) is 0 Å². The lowest BCUT2D eigenvalue weighted by atomic mass is 10.0. The first-order valence-electron chi connectivity index (χ1n) is 11.0. The molecule has 8 nitrogen and oxygen atoms in total. The Bertz CT molecular complexity index is 968. The molecular formula is C22H32N6O2S. The van der Waals surface area contributed by atoms with Crippen LogP contribution in [0.15, 0.2) is 24.5 Å². The van der Waals surface area contributed by atoms with E-state index < -0.39 is 5.60 Å². The Kier molecular flexibility index (Phi) is 6.16. The first-order valence-corrected chi connectivity index (χ1v) is 11.4. The third-order valence-electron chi connectivity index (χ3n) is 5.84. The van der Waals surface area contributed by atoms with Gasteiger partial charge in [-0.1, -0.05) is 0 Å². The number of nitrogens with zero attached hydrogens (tertiary/aromatic N) is 6. The lowest BCUT2D eigenvalue weighted by Crippen LogP contribution is -2.47. The van der Waals surface area contributed by atoms with E-state index in [1.807, 2.05) is 44.6 Å². The predicted octanol–water partition coefficient (Wildman–Crippen LogP) is 4.10. The van der Waals surface area contributed by atoms with Crippen LogP contribution in [0.4, 0.5) is 4.79 Å². The molecule has 0 unspecified atom stereocenters. The van der Waals surface area contributed by atoms with E-state index >= 15 is 0 Å². The highest BCUT2D eigenvalue weighted by Gasteiger charge is 2.31. The van der Waals surface area contributed by atoms with E-state index in [9.17, 15) is 4.79 Å². The Morgan fingerprint density at radius 1 is 1.19 bits per heavy atom. The highest BCUT2D eigenvalue weighted by Crippen LogP contribution is 2.38. The van der Waals surface area contributed by atoms with Crippen molar-refractivity contribution in [3.63, 3.8) is 0 Å². The molecule has 4 rings (SSSR count). The summed E-state index contributed by atoms with van der Waals surface area (Å²) in [6.45, 7) is 8.13. The van der Waals surface area contributed by atoms with E-state index in [1.54, 1.807) is 17.3 Å². The van der Waals surface area contributed by atoms with Crippen LogP contribution >= 0.6 is 12.2 Å². The number of piperidine rings is 1. The van der Waals surface area contributed by atoms with Gasteiger partial charge < -0.3 is 9.64 Å². The number of likely N-dealkylation sites (tertiary alicyclic amines) is 1. The maximum atomic E-state index is 12.4. The average Bonchev–Trinajstić information content (AvgIpc) is 3.52. The van der Waals surface area contributed by atoms with Gasteiger partial charge in [0.05, 0.1) is 6.67 Å². The van der Waals surface area contributed by atoms with Gasteiger partial charge in [-0.05, 0) is 70.8 Å². The molecule has 1 amide bonds. The van der Waals surface area contributed by atoms with Crippen LogP contribution in [-0.2, 0) is 11.4 Å². The summed E-state index contributed by atoms with van der Waals surface area (Å²) in [6, 6.07) is 4.62. The Hall–Kier alpha value is -2.26. The van der Waals surface area contributed by atoms with E-state index in [2.05, 4.69) is 14.5 Å². The van der Waals surface area contributed by atoms with Crippen molar-refractivity contribution in [2.75, 3.05) is 20.1 Å². The molecule has 1 saturated heterocycles. The van der Waals surface area contributed by atoms with Crippen LogP contribution in [0.2, 0.25) is 0 Å². The van der Waals surface area contributed by atoms with Crippen LogP contribution in [0.25, 0.3) is 11.4 Å². The van der Waals surface area contributed by atoms with Crippen molar-refractivity contribution in [2.24, 2.45) is 0 Å². The summed E-state index contributed by atoms with van der Waals surface area (Å²) < 4.78 is 10.4. The molecule has 31 heavy (non-hydrogen) atoms. The molecule has 1 aliphatic carbocycles. The van der Waals surface area contributed by atoms with Crippen molar-refractivity contribution >= 4 is 18.3 Å². The summed E-state index contributed by atoms with van der Waals surface area (Å²) in [6.07, 6.45) is 7.45. The van der Waals surface area contributed by atoms with Gasteiger partial charge in [-0.2, -0.15) is 5.10 Å². The highest BCUT2D eigenvalue weighted by molar-refractivity contribution is 7.71. The molecule has 2 aromatic heterocycles. The van der Waals surface area contributed by atoms with Crippen molar-refractivity contribution in [3.8, 4) is 11.4 Å². The van der Waals surface area contributed by atoms with E-state index in [0.29, 0.717) is 12.7 Å². The van der Waals surface area contributed by atoms with Gasteiger partial charge in [-0.25, -0.2) is 9.48 Å². The number of aromatic nitrogens is 4. The molecule has 0 bridgehead atoms. The number of hydrogen-bond donors (Lipinski definition) is 0. The number of hydrogen-bond acceptors (Lipinski definition) is 6. The van der Waals surface area contributed by atoms with Crippen LogP contribution in [0.3, 0.4) is 0 Å². The second-order valence-corrected chi connectivity index (χ2v) is 9.89. The minimum atomic E-state index is -0.477. The van der Waals surface area contributed by atoms with Gasteiger partial charge in [-0.15, -0.1) is 0 Å². The predicted molar refractivity (Wildman–Crippen MR) is 121 cm³/mol. The Balaban J connectivity index is 1.41. The summed E-state index contributed by atoms with van der Waals surface area (Å²) in [7, 11) is 1.84. The zero-order valence-corrected chi connectivity index (χ0v) is 19.6. The number of carbonyl (C=O) groups is 1. The number of ether oxygens (including phenoxy) is 1. The lowest BCUT2D eigenvalue weighted by molar-refractivity contribution is 0.0134. The molecule has 0 N–H and O–H groups in total. The van der Waals surface area contributed by atoms with Gasteiger partial charge in [0.2, 0.25) is 0 Å². The summed E-state index contributed by atoms with van der Waals surface area (Å²) in [5, 5.41) is 4.88. The van der Waals surface area contributed by atoms with Crippen molar-refractivity contribution < 1.29 is 9.53 Å². The van der Waals surface area contributed by atoms with Crippen LogP contribution in [0.1, 0.15) is 52.5 Å². The van der Waals surface area contributed by atoms with Crippen LogP contribution < -0.4 is 0 Å². The largest absolute Gasteiger partial charge is 0.444 e. The van der Waals surface area contributed by atoms with Gasteiger partial charge in [-0.3, -0.25) is 14.5 Å². The Labute approximate surface area is 188 Å². The molecule has 1 saturated carbocycles. The fourth-order valence-electron chi connectivity index (χ4n) is 3.99. The van der Waals surface area contributed by atoms with Crippen molar-refractivity contribution in [2.45, 2.75) is 70.8 Å². The maximum Gasteiger partial charge on any atom is 0.410 e. The summed E-state index contributed by atoms with van der Waals surface area (Å²) >= 11 is 5.80.